The summed E-state index contributed by atoms with van der Waals surface area (Å²) in [6.07, 6.45) is -4.77. The molecule has 0 bridgehead atoms. The molecule has 0 aliphatic rings. The van der Waals surface area contributed by atoms with Crippen molar-refractivity contribution in [3.63, 3.8) is 0 Å². The predicted molar refractivity (Wildman–Crippen MR) is 128 cm³/mol. The van der Waals surface area contributed by atoms with Crippen molar-refractivity contribution < 1.29 is 31.5 Å². The van der Waals surface area contributed by atoms with Crippen LogP contribution in [0, 0.1) is 17.1 Å². The highest BCUT2D eigenvalue weighted by molar-refractivity contribution is 6.74. The Morgan fingerprint density at radius 1 is 1.06 bits per heavy atom. The number of carbonyl (C=O) groups excluding carboxylic acids is 1. The molecule has 0 fully saturated rings. The lowest BCUT2D eigenvalue weighted by molar-refractivity contribution is -0.138. The standard InChI is InChI=1S/C25H30F4N2O3Si/c1-23(2,3)35(6,7)34-24(4,16-33-20-12-9-18(26)10-13-20)22(32)31(5)19-11-8-17(15-30)21(14-19)25(27,28)29/h8-14H,16H2,1-7H3/t24-/m0/s1. The normalized spacial score (nSPS) is 14.1. The maximum atomic E-state index is 13.7. The SMILES string of the molecule is CN(C(=O)[C@](C)(COc1ccc(F)cc1)O[Si](C)(C)C(C)(C)C)c1ccc(C#N)c(C(F)(F)F)c1. The van der Waals surface area contributed by atoms with E-state index in [0.29, 0.717) is 5.75 Å². The van der Waals surface area contributed by atoms with Crippen LogP contribution < -0.4 is 9.64 Å². The van der Waals surface area contributed by atoms with Gasteiger partial charge in [-0.05, 0) is 67.5 Å². The minimum absolute atomic E-state index is 0.0480. The van der Waals surface area contributed by atoms with Crippen molar-refractivity contribution in [1.29, 1.82) is 5.26 Å². The van der Waals surface area contributed by atoms with Gasteiger partial charge in [0.05, 0.1) is 17.2 Å². The van der Waals surface area contributed by atoms with E-state index in [4.69, 9.17) is 14.4 Å². The number of hydrogen-bond acceptors (Lipinski definition) is 4. The van der Waals surface area contributed by atoms with Crippen molar-refractivity contribution in [2.45, 2.75) is 57.6 Å². The Morgan fingerprint density at radius 3 is 2.11 bits per heavy atom. The Hall–Kier alpha value is -2.90. The van der Waals surface area contributed by atoms with Gasteiger partial charge in [-0.1, -0.05) is 20.8 Å². The lowest BCUT2D eigenvalue weighted by atomic mass is 10.0. The average molecular weight is 511 g/mol. The summed E-state index contributed by atoms with van der Waals surface area (Å²) in [6, 6.07) is 9.85. The van der Waals surface area contributed by atoms with Crippen molar-refractivity contribution >= 4 is 19.9 Å². The van der Waals surface area contributed by atoms with Crippen LogP contribution in [0.4, 0.5) is 23.2 Å². The molecule has 0 saturated carbocycles. The summed E-state index contributed by atoms with van der Waals surface area (Å²) in [4.78, 5) is 14.8. The number of nitriles is 1. The van der Waals surface area contributed by atoms with E-state index in [1.54, 1.807) is 0 Å². The first-order valence-corrected chi connectivity index (χ1v) is 13.8. The number of ether oxygens (including phenoxy) is 1. The van der Waals surface area contributed by atoms with Gasteiger partial charge in [0.15, 0.2) is 13.9 Å². The van der Waals surface area contributed by atoms with Crippen LogP contribution in [0.3, 0.4) is 0 Å². The molecule has 1 atom stereocenters. The molecule has 0 N–H and O–H groups in total. The van der Waals surface area contributed by atoms with Crippen LogP contribution in [0.15, 0.2) is 42.5 Å². The Balaban J connectivity index is 2.47. The van der Waals surface area contributed by atoms with Gasteiger partial charge in [-0.3, -0.25) is 4.79 Å². The Bertz CT molecular complexity index is 1110. The molecule has 2 aromatic rings. The lowest BCUT2D eigenvalue weighted by Gasteiger charge is -2.44. The quantitative estimate of drug-likeness (QED) is 0.314. The smallest absolute Gasteiger partial charge is 0.417 e. The first-order valence-electron chi connectivity index (χ1n) is 10.9. The van der Waals surface area contributed by atoms with Gasteiger partial charge in [-0.2, -0.15) is 18.4 Å². The average Bonchev–Trinajstić information content (AvgIpc) is 2.75. The summed E-state index contributed by atoms with van der Waals surface area (Å²) in [7, 11) is -1.22. The zero-order valence-corrected chi connectivity index (χ0v) is 21.9. The number of hydrogen-bond donors (Lipinski definition) is 0. The van der Waals surface area contributed by atoms with Gasteiger partial charge >= 0.3 is 6.18 Å². The highest BCUT2D eigenvalue weighted by Crippen LogP contribution is 2.40. The molecule has 0 unspecified atom stereocenters. The molecule has 0 aromatic heterocycles. The fourth-order valence-electron chi connectivity index (χ4n) is 3.15. The Kier molecular flexibility index (Phi) is 8.09. The van der Waals surface area contributed by atoms with Crippen LogP contribution in [0.1, 0.15) is 38.8 Å². The molecule has 0 heterocycles. The van der Waals surface area contributed by atoms with Crippen molar-refractivity contribution in [2.24, 2.45) is 0 Å². The Morgan fingerprint density at radius 2 is 1.63 bits per heavy atom. The van der Waals surface area contributed by atoms with Crippen molar-refractivity contribution in [1.82, 2.24) is 0 Å². The van der Waals surface area contributed by atoms with Crippen LogP contribution in [0.25, 0.3) is 0 Å². The van der Waals surface area contributed by atoms with Crippen LogP contribution in [0.5, 0.6) is 5.75 Å². The van der Waals surface area contributed by atoms with Gasteiger partial charge in [0, 0.05) is 12.7 Å². The number of benzene rings is 2. The van der Waals surface area contributed by atoms with Crippen LogP contribution in [-0.4, -0.2) is 33.5 Å². The molecular weight excluding hydrogens is 480 g/mol. The molecule has 10 heteroatoms. The van der Waals surface area contributed by atoms with E-state index in [1.807, 2.05) is 33.9 Å². The molecule has 190 valence electrons. The molecule has 0 aliphatic carbocycles. The molecule has 2 rings (SSSR count). The van der Waals surface area contributed by atoms with E-state index in [1.165, 1.54) is 50.4 Å². The van der Waals surface area contributed by atoms with Crippen LogP contribution >= 0.6 is 0 Å². The summed E-state index contributed by atoms with van der Waals surface area (Å²) in [5.74, 6) is -0.762. The van der Waals surface area contributed by atoms with Gasteiger partial charge in [0.25, 0.3) is 5.91 Å². The predicted octanol–water partition coefficient (Wildman–Crippen LogP) is 6.54. The summed E-state index contributed by atoms with van der Waals surface area (Å²) in [5.41, 5.74) is -3.29. The topological polar surface area (TPSA) is 62.6 Å². The minimum Gasteiger partial charge on any atom is -0.490 e. The second-order valence-corrected chi connectivity index (χ2v) is 14.8. The number of likely N-dealkylation sites (N-methyl/N-ethyl adjacent to an activating group) is 1. The summed E-state index contributed by atoms with van der Waals surface area (Å²) < 4.78 is 65.9. The number of anilines is 1. The number of nitrogens with zero attached hydrogens (tertiary/aromatic N) is 2. The van der Waals surface area contributed by atoms with Crippen molar-refractivity contribution in [2.75, 3.05) is 18.6 Å². The van der Waals surface area contributed by atoms with Gasteiger partial charge in [-0.15, -0.1) is 0 Å². The van der Waals surface area contributed by atoms with E-state index < -0.39 is 42.9 Å². The first kappa shape index (κ1) is 28.3. The Labute approximate surface area is 204 Å². The molecule has 1 amide bonds. The third-order valence-corrected chi connectivity index (χ3v) is 10.8. The number of carbonyl (C=O) groups is 1. The minimum atomic E-state index is -4.77. The maximum Gasteiger partial charge on any atom is 0.417 e. The van der Waals surface area contributed by atoms with Crippen molar-refractivity contribution in [3.8, 4) is 11.8 Å². The van der Waals surface area contributed by atoms with Gasteiger partial charge in [0.1, 0.15) is 18.2 Å². The number of rotatable bonds is 7. The fourth-order valence-corrected chi connectivity index (χ4v) is 4.73. The second kappa shape index (κ2) is 9.99. The van der Waals surface area contributed by atoms with E-state index >= 15 is 0 Å². The van der Waals surface area contributed by atoms with E-state index in [9.17, 15) is 22.4 Å². The molecule has 0 saturated heterocycles. The van der Waals surface area contributed by atoms with Gasteiger partial charge < -0.3 is 14.1 Å². The molecule has 0 spiro atoms. The van der Waals surface area contributed by atoms with Crippen molar-refractivity contribution in [3.05, 3.63) is 59.4 Å². The summed E-state index contributed by atoms with van der Waals surface area (Å²) in [6.45, 7) is 11.1. The zero-order chi connectivity index (χ0) is 26.8. The third-order valence-electron chi connectivity index (χ3n) is 6.19. The highest BCUT2D eigenvalue weighted by Gasteiger charge is 2.48. The molecule has 0 aliphatic heterocycles. The van der Waals surface area contributed by atoms with Gasteiger partial charge in [0.2, 0.25) is 0 Å². The second-order valence-electron chi connectivity index (χ2n) is 10.0. The molecule has 35 heavy (non-hydrogen) atoms. The highest BCUT2D eigenvalue weighted by atomic mass is 28.4. The van der Waals surface area contributed by atoms with Gasteiger partial charge in [-0.25, -0.2) is 4.39 Å². The molecular formula is C25H30F4N2O3Si. The van der Waals surface area contributed by atoms with E-state index in [2.05, 4.69) is 0 Å². The van der Waals surface area contributed by atoms with E-state index in [0.717, 1.165) is 17.0 Å². The van der Waals surface area contributed by atoms with Crippen LogP contribution in [0.2, 0.25) is 18.1 Å². The molecule has 0 radical (unpaired) electrons. The first-order chi connectivity index (χ1) is 15.9. The monoisotopic (exact) mass is 510 g/mol. The molecule has 2 aromatic carbocycles. The van der Waals surface area contributed by atoms with Crippen LogP contribution in [-0.2, 0) is 15.4 Å². The third kappa shape index (κ3) is 6.61. The maximum absolute atomic E-state index is 13.7. The number of halogens is 4. The summed E-state index contributed by atoms with van der Waals surface area (Å²) in [5, 5.41) is 8.79. The zero-order valence-electron chi connectivity index (χ0n) is 20.9. The fraction of sp³-hybridized carbons (Fsp3) is 0.440. The number of amides is 1. The lowest BCUT2D eigenvalue weighted by Crippen LogP contribution is -2.58. The number of alkyl halides is 3. The van der Waals surface area contributed by atoms with E-state index in [-0.39, 0.29) is 17.3 Å². The summed E-state index contributed by atoms with van der Waals surface area (Å²) >= 11 is 0. The molecule has 5 nitrogen and oxygen atoms in total. The largest absolute Gasteiger partial charge is 0.490 e.